The number of hydrogen-bond donors (Lipinski definition) is 6. The third-order valence-corrected chi connectivity index (χ3v) is 8.66. The van der Waals surface area contributed by atoms with Crippen molar-refractivity contribution in [2.45, 2.75) is 44.3 Å². The van der Waals surface area contributed by atoms with Crippen LogP contribution in [0.5, 0.6) is 5.75 Å². The molecular formula is C29H35FN4O4S. The lowest BCUT2D eigenvalue weighted by molar-refractivity contribution is 0.381. The van der Waals surface area contributed by atoms with Crippen molar-refractivity contribution < 1.29 is 18.6 Å². The molecule has 3 atom stereocenters. The van der Waals surface area contributed by atoms with Crippen molar-refractivity contribution in [1.29, 1.82) is 0 Å². The van der Waals surface area contributed by atoms with E-state index < -0.39 is 28.6 Å². The van der Waals surface area contributed by atoms with E-state index in [9.17, 15) is 23.4 Å². The van der Waals surface area contributed by atoms with Gasteiger partial charge in [0.25, 0.3) is 5.56 Å². The highest BCUT2D eigenvalue weighted by atomic mass is 32.3. The second kappa shape index (κ2) is 13.2. The van der Waals surface area contributed by atoms with Crippen LogP contribution in [0.15, 0.2) is 59.7 Å². The molecule has 10 heteroatoms. The van der Waals surface area contributed by atoms with Gasteiger partial charge in [0.15, 0.2) is 0 Å². The average molecular weight is 555 g/mol. The molecule has 2 unspecified atom stereocenters. The van der Waals surface area contributed by atoms with Gasteiger partial charge in [-0.2, -0.15) is 10.6 Å². The molecule has 0 amide bonds. The van der Waals surface area contributed by atoms with Gasteiger partial charge in [0.2, 0.25) is 5.75 Å². The Labute approximate surface area is 229 Å². The summed E-state index contributed by atoms with van der Waals surface area (Å²) in [5.74, 6) is 6.72. The third-order valence-electron chi connectivity index (χ3n) is 6.83. The first kappa shape index (κ1) is 28.8. The lowest BCUT2D eigenvalue weighted by Crippen LogP contribution is -2.32. The highest BCUT2D eigenvalue weighted by molar-refractivity contribution is 8.24. The van der Waals surface area contributed by atoms with Gasteiger partial charge in [0.05, 0.1) is 17.8 Å². The molecule has 2 heterocycles. The van der Waals surface area contributed by atoms with Crippen molar-refractivity contribution in [3.8, 4) is 17.6 Å². The first-order valence-electron chi connectivity index (χ1n) is 12.9. The number of halogens is 1. The van der Waals surface area contributed by atoms with Crippen LogP contribution in [0.25, 0.3) is 0 Å². The second-order valence-corrected chi connectivity index (χ2v) is 12.3. The average Bonchev–Trinajstić information content (AvgIpc) is 3.30. The molecule has 8 nitrogen and oxygen atoms in total. The Kier molecular flexibility index (Phi) is 9.78. The number of nitrogens with one attached hydrogen (secondary N) is 3. The van der Waals surface area contributed by atoms with Crippen LogP contribution in [0.1, 0.15) is 47.2 Å². The SMILES string of the molecule is CC(CF)NC[C@@H](Cc1nc[nH]c(=O)c1O)c1ccc(C#Cc2ccc(CNC3CCS(O)(O)C3)cc2)cc1. The molecule has 3 aromatic rings. The Morgan fingerprint density at radius 3 is 2.41 bits per heavy atom. The minimum absolute atomic E-state index is 0.136. The molecule has 208 valence electrons. The van der Waals surface area contributed by atoms with E-state index in [-0.39, 0.29) is 18.0 Å². The van der Waals surface area contributed by atoms with Crippen LogP contribution in [0.4, 0.5) is 4.39 Å². The first-order valence-corrected chi connectivity index (χ1v) is 14.8. The number of H-pyrrole nitrogens is 1. The van der Waals surface area contributed by atoms with Crippen LogP contribution in [-0.4, -0.2) is 61.0 Å². The van der Waals surface area contributed by atoms with Gasteiger partial charge in [0, 0.05) is 54.4 Å². The maximum atomic E-state index is 13.0. The fourth-order valence-electron chi connectivity index (χ4n) is 4.45. The summed E-state index contributed by atoms with van der Waals surface area (Å²) in [4.78, 5) is 18.3. The van der Waals surface area contributed by atoms with Crippen molar-refractivity contribution in [3.63, 3.8) is 0 Å². The van der Waals surface area contributed by atoms with E-state index in [1.54, 1.807) is 6.92 Å². The highest BCUT2D eigenvalue weighted by Crippen LogP contribution is 2.45. The summed E-state index contributed by atoms with van der Waals surface area (Å²) in [6, 6.07) is 15.5. The molecular weight excluding hydrogens is 519 g/mol. The molecule has 1 aromatic heterocycles. The zero-order chi connectivity index (χ0) is 27.8. The van der Waals surface area contributed by atoms with Crippen molar-refractivity contribution in [1.82, 2.24) is 20.6 Å². The van der Waals surface area contributed by atoms with Crippen LogP contribution in [0, 0.1) is 11.8 Å². The number of aromatic hydroxyl groups is 1. The number of benzene rings is 2. The standard InChI is InChI=1S/C29H35FN4O4S/c1-20(15-30)31-17-25(14-27-28(35)29(36)34-19-33-27)24-10-8-22(9-11-24)3-2-21-4-6-23(7-5-21)16-32-26-12-13-39(37,38)18-26/h4-11,19-20,25-26,31-32,35,37-38H,12-18H2,1H3,(H,33,34,36)/t20?,25-,26?/m1/s1. The number of hydrogen-bond acceptors (Lipinski definition) is 7. The Morgan fingerprint density at radius 1 is 1.13 bits per heavy atom. The summed E-state index contributed by atoms with van der Waals surface area (Å²) in [6.45, 7) is 2.38. The van der Waals surface area contributed by atoms with Crippen LogP contribution in [-0.2, 0) is 13.0 Å². The second-order valence-electron chi connectivity index (χ2n) is 10.0. The number of alkyl halides is 1. The molecule has 4 rings (SSSR count). The fraction of sp³-hybridized carbons (Fsp3) is 0.379. The smallest absolute Gasteiger partial charge is 0.293 e. The fourth-order valence-corrected chi connectivity index (χ4v) is 6.21. The van der Waals surface area contributed by atoms with Crippen LogP contribution in [0.3, 0.4) is 0 Å². The van der Waals surface area contributed by atoms with Gasteiger partial charge >= 0.3 is 0 Å². The normalized spacial score (nSPS) is 18.6. The van der Waals surface area contributed by atoms with Crippen LogP contribution in [0.2, 0.25) is 0 Å². The van der Waals surface area contributed by atoms with Crippen molar-refractivity contribution in [2.75, 3.05) is 24.7 Å². The quantitative estimate of drug-likeness (QED) is 0.211. The van der Waals surface area contributed by atoms with E-state index in [1.807, 2.05) is 48.5 Å². The molecule has 1 saturated heterocycles. The Balaban J connectivity index is 1.39. The van der Waals surface area contributed by atoms with Crippen LogP contribution >= 0.6 is 10.6 Å². The zero-order valence-corrected chi connectivity index (χ0v) is 22.7. The largest absolute Gasteiger partial charge is 0.502 e. The molecule has 6 N–H and O–H groups in total. The van der Waals surface area contributed by atoms with Gasteiger partial charge in [-0.1, -0.05) is 36.1 Å². The lowest BCUT2D eigenvalue weighted by atomic mass is 9.92. The molecule has 0 bridgehead atoms. The summed E-state index contributed by atoms with van der Waals surface area (Å²) in [6.07, 6.45) is 2.36. The van der Waals surface area contributed by atoms with Gasteiger partial charge in [-0.15, -0.1) is 0 Å². The number of nitrogens with zero attached hydrogens (tertiary/aromatic N) is 1. The van der Waals surface area contributed by atoms with E-state index in [4.69, 9.17) is 0 Å². The molecule has 1 fully saturated rings. The number of rotatable bonds is 10. The molecule has 39 heavy (non-hydrogen) atoms. The molecule has 1 aliphatic heterocycles. The van der Waals surface area contributed by atoms with Gasteiger partial charge < -0.3 is 20.7 Å². The summed E-state index contributed by atoms with van der Waals surface area (Å²) >= 11 is 0. The maximum Gasteiger partial charge on any atom is 0.293 e. The monoisotopic (exact) mass is 554 g/mol. The minimum atomic E-state index is -2.40. The molecule has 1 aliphatic rings. The Morgan fingerprint density at radius 2 is 1.79 bits per heavy atom. The van der Waals surface area contributed by atoms with E-state index in [1.165, 1.54) is 6.33 Å². The Bertz CT molecular complexity index is 1350. The van der Waals surface area contributed by atoms with E-state index in [2.05, 4.69) is 32.4 Å². The maximum absolute atomic E-state index is 13.0. The zero-order valence-electron chi connectivity index (χ0n) is 21.9. The summed E-state index contributed by atoms with van der Waals surface area (Å²) < 4.78 is 32.6. The van der Waals surface area contributed by atoms with Gasteiger partial charge in [0.1, 0.15) is 6.67 Å². The van der Waals surface area contributed by atoms with E-state index in [0.717, 1.165) is 28.7 Å². The molecule has 0 spiro atoms. The van der Waals surface area contributed by atoms with E-state index >= 15 is 0 Å². The molecule has 0 aliphatic carbocycles. The molecule has 0 saturated carbocycles. The number of aromatic amines is 1. The lowest BCUT2D eigenvalue weighted by Gasteiger charge is -2.26. The molecule has 2 aromatic carbocycles. The van der Waals surface area contributed by atoms with Crippen molar-refractivity contribution in [3.05, 3.63) is 93.2 Å². The summed E-state index contributed by atoms with van der Waals surface area (Å²) in [7, 11) is -2.40. The van der Waals surface area contributed by atoms with Crippen molar-refractivity contribution in [2.24, 2.45) is 0 Å². The third kappa shape index (κ3) is 8.39. The predicted octanol–water partition coefficient (Wildman–Crippen LogP) is 3.76. The number of aromatic nitrogens is 2. The van der Waals surface area contributed by atoms with Crippen molar-refractivity contribution >= 4 is 10.6 Å². The summed E-state index contributed by atoms with van der Waals surface area (Å²) in [5, 5.41) is 16.7. The Hall–Kier alpha value is -3.20. The predicted molar refractivity (Wildman–Crippen MR) is 153 cm³/mol. The van der Waals surface area contributed by atoms with Gasteiger partial charge in [-0.25, -0.2) is 9.37 Å². The van der Waals surface area contributed by atoms with Gasteiger partial charge in [-0.05, 0) is 48.7 Å². The van der Waals surface area contributed by atoms with E-state index in [0.29, 0.717) is 36.7 Å². The minimum Gasteiger partial charge on any atom is -0.502 e. The van der Waals surface area contributed by atoms with Crippen LogP contribution < -0.4 is 16.2 Å². The summed E-state index contributed by atoms with van der Waals surface area (Å²) in [5.41, 5.74) is 3.49. The van der Waals surface area contributed by atoms with Gasteiger partial charge in [-0.3, -0.25) is 13.9 Å². The highest BCUT2D eigenvalue weighted by Gasteiger charge is 2.27. The first-order chi connectivity index (χ1) is 18.7. The topological polar surface area (TPSA) is 130 Å². The molecule has 0 radical (unpaired) electrons.